The monoisotopic (exact) mass is 164 g/mol. The molecule has 2 rings (SSSR count). The molecule has 2 heterocycles. The molecule has 0 radical (unpaired) electrons. The number of carboxylic acid groups (broad SMARTS) is 1. The lowest BCUT2D eigenvalue weighted by Crippen LogP contribution is -2.01. The molecule has 0 fully saturated rings. The number of carboxylic acids is 1. The molecule has 0 aliphatic rings. The Morgan fingerprint density at radius 1 is 1.50 bits per heavy atom. The molecule has 0 aliphatic carbocycles. The first kappa shape index (κ1) is 6.71. The van der Waals surface area contributed by atoms with Gasteiger partial charge in [0, 0.05) is 12.4 Å². The Balaban J connectivity index is 2.68. The first-order valence-corrected chi connectivity index (χ1v) is 3.16. The van der Waals surface area contributed by atoms with Gasteiger partial charge in [0.2, 0.25) is 0 Å². The third kappa shape index (κ3) is 0.895. The summed E-state index contributed by atoms with van der Waals surface area (Å²) in [7, 11) is 0. The van der Waals surface area contributed by atoms with Crippen molar-refractivity contribution < 1.29 is 9.90 Å². The molecule has 0 aliphatic heterocycles. The molecule has 6 nitrogen and oxygen atoms in total. The lowest BCUT2D eigenvalue weighted by Gasteiger charge is -1.92. The molecule has 12 heavy (non-hydrogen) atoms. The van der Waals surface area contributed by atoms with Gasteiger partial charge in [-0.05, 0) is 0 Å². The molecule has 0 amide bonds. The molecule has 1 N–H and O–H groups in total. The van der Waals surface area contributed by atoms with Crippen molar-refractivity contribution in [1.82, 2.24) is 19.6 Å². The molecule has 2 aromatic rings. The van der Waals surface area contributed by atoms with Crippen LogP contribution in [0.5, 0.6) is 0 Å². The van der Waals surface area contributed by atoms with E-state index in [2.05, 4.69) is 15.1 Å². The first-order chi connectivity index (χ1) is 5.77. The van der Waals surface area contributed by atoms with Gasteiger partial charge in [-0.2, -0.15) is 10.1 Å². The fraction of sp³-hybridized carbons (Fsp3) is 0. The zero-order valence-corrected chi connectivity index (χ0v) is 5.88. The van der Waals surface area contributed by atoms with Crippen LogP contribution in [0, 0.1) is 0 Å². The SMILES string of the molecule is O=C(O)c1cnc2ncnn2c1. The molecule has 0 saturated carbocycles. The van der Waals surface area contributed by atoms with E-state index in [0.717, 1.165) is 0 Å². The topological polar surface area (TPSA) is 80.4 Å². The van der Waals surface area contributed by atoms with E-state index in [1.807, 2.05) is 0 Å². The second kappa shape index (κ2) is 2.26. The van der Waals surface area contributed by atoms with Crippen molar-refractivity contribution in [1.29, 1.82) is 0 Å². The van der Waals surface area contributed by atoms with Gasteiger partial charge in [-0.15, -0.1) is 0 Å². The number of hydrogen-bond acceptors (Lipinski definition) is 4. The number of aromatic nitrogens is 4. The van der Waals surface area contributed by atoms with Gasteiger partial charge in [-0.1, -0.05) is 0 Å². The highest BCUT2D eigenvalue weighted by Crippen LogP contribution is 1.98. The van der Waals surface area contributed by atoms with Crippen molar-refractivity contribution >= 4 is 11.7 Å². The van der Waals surface area contributed by atoms with Crippen molar-refractivity contribution in [3.8, 4) is 0 Å². The quantitative estimate of drug-likeness (QED) is 0.632. The third-order valence-electron chi connectivity index (χ3n) is 1.38. The molecule has 0 saturated heterocycles. The summed E-state index contributed by atoms with van der Waals surface area (Å²) in [4.78, 5) is 18.0. The van der Waals surface area contributed by atoms with Crippen LogP contribution in [0.1, 0.15) is 10.4 Å². The maximum atomic E-state index is 10.5. The van der Waals surface area contributed by atoms with Crippen LogP contribution in [-0.4, -0.2) is 30.7 Å². The van der Waals surface area contributed by atoms with E-state index in [4.69, 9.17) is 5.11 Å². The zero-order valence-electron chi connectivity index (χ0n) is 5.88. The van der Waals surface area contributed by atoms with Gasteiger partial charge in [0.25, 0.3) is 5.78 Å². The van der Waals surface area contributed by atoms with Crippen LogP contribution >= 0.6 is 0 Å². The summed E-state index contributed by atoms with van der Waals surface area (Å²) in [6.45, 7) is 0. The van der Waals surface area contributed by atoms with E-state index in [1.165, 1.54) is 23.2 Å². The normalized spacial score (nSPS) is 10.3. The molecule has 0 bridgehead atoms. The van der Waals surface area contributed by atoms with Crippen LogP contribution in [0.3, 0.4) is 0 Å². The highest BCUT2D eigenvalue weighted by atomic mass is 16.4. The number of hydrogen-bond donors (Lipinski definition) is 1. The van der Waals surface area contributed by atoms with Crippen LogP contribution < -0.4 is 0 Å². The second-order valence-electron chi connectivity index (χ2n) is 2.15. The van der Waals surface area contributed by atoms with E-state index in [0.29, 0.717) is 5.78 Å². The average Bonchev–Trinajstić information content (AvgIpc) is 2.49. The van der Waals surface area contributed by atoms with Crippen LogP contribution in [0.25, 0.3) is 5.78 Å². The molecule has 60 valence electrons. The number of carbonyl (C=O) groups is 1. The Kier molecular flexibility index (Phi) is 1.26. The highest BCUT2D eigenvalue weighted by molar-refractivity contribution is 5.86. The summed E-state index contributed by atoms with van der Waals surface area (Å²) in [6, 6.07) is 0. The molecule has 6 heteroatoms. The molecule has 0 aromatic carbocycles. The Labute approximate surface area is 66.5 Å². The van der Waals surface area contributed by atoms with Crippen molar-refractivity contribution in [2.24, 2.45) is 0 Å². The molecular weight excluding hydrogens is 160 g/mol. The number of nitrogens with zero attached hydrogens (tertiary/aromatic N) is 4. The van der Waals surface area contributed by atoms with Gasteiger partial charge in [0.05, 0.1) is 5.56 Å². The van der Waals surface area contributed by atoms with E-state index >= 15 is 0 Å². The van der Waals surface area contributed by atoms with E-state index < -0.39 is 5.97 Å². The van der Waals surface area contributed by atoms with Gasteiger partial charge >= 0.3 is 5.97 Å². The lowest BCUT2D eigenvalue weighted by atomic mass is 10.4. The van der Waals surface area contributed by atoms with E-state index in [-0.39, 0.29) is 5.56 Å². The zero-order chi connectivity index (χ0) is 8.55. The first-order valence-electron chi connectivity index (χ1n) is 3.16. The van der Waals surface area contributed by atoms with Crippen molar-refractivity contribution in [2.75, 3.05) is 0 Å². The summed E-state index contributed by atoms with van der Waals surface area (Å²) < 4.78 is 1.31. The summed E-state index contributed by atoms with van der Waals surface area (Å²) in [5.41, 5.74) is 0.0907. The molecule has 0 unspecified atom stereocenters. The number of fused-ring (bicyclic) bond motifs is 1. The highest BCUT2D eigenvalue weighted by Gasteiger charge is 2.04. The van der Waals surface area contributed by atoms with Gasteiger partial charge in [0.1, 0.15) is 6.33 Å². The van der Waals surface area contributed by atoms with Gasteiger partial charge in [0.15, 0.2) is 0 Å². The number of rotatable bonds is 1. The van der Waals surface area contributed by atoms with Gasteiger partial charge in [-0.3, -0.25) is 0 Å². The van der Waals surface area contributed by atoms with E-state index in [1.54, 1.807) is 0 Å². The maximum Gasteiger partial charge on any atom is 0.338 e. The summed E-state index contributed by atoms with van der Waals surface area (Å²) in [6.07, 6.45) is 3.91. The minimum Gasteiger partial charge on any atom is -0.478 e. The molecule has 0 spiro atoms. The fourth-order valence-corrected chi connectivity index (χ4v) is 0.830. The Bertz CT molecular complexity index is 436. The smallest absolute Gasteiger partial charge is 0.338 e. The fourth-order valence-electron chi connectivity index (χ4n) is 0.830. The summed E-state index contributed by atoms with van der Waals surface area (Å²) >= 11 is 0. The lowest BCUT2D eigenvalue weighted by molar-refractivity contribution is 0.0695. The summed E-state index contributed by atoms with van der Waals surface area (Å²) in [5, 5.41) is 12.3. The Morgan fingerprint density at radius 3 is 3.08 bits per heavy atom. The largest absolute Gasteiger partial charge is 0.478 e. The minimum absolute atomic E-state index is 0.0907. The predicted molar refractivity (Wildman–Crippen MR) is 37.7 cm³/mol. The van der Waals surface area contributed by atoms with Gasteiger partial charge < -0.3 is 5.11 Å². The van der Waals surface area contributed by atoms with Crippen LogP contribution in [0.4, 0.5) is 0 Å². The molecule has 0 atom stereocenters. The van der Waals surface area contributed by atoms with Crippen molar-refractivity contribution in [3.63, 3.8) is 0 Å². The second-order valence-corrected chi connectivity index (χ2v) is 2.15. The van der Waals surface area contributed by atoms with Gasteiger partial charge in [-0.25, -0.2) is 14.3 Å². The van der Waals surface area contributed by atoms with Crippen molar-refractivity contribution in [3.05, 3.63) is 24.3 Å². The van der Waals surface area contributed by atoms with Crippen LogP contribution in [0.15, 0.2) is 18.7 Å². The molecular formula is C6H4N4O2. The summed E-state index contributed by atoms with van der Waals surface area (Å²) in [5.74, 6) is -0.639. The van der Waals surface area contributed by atoms with Crippen LogP contribution in [0.2, 0.25) is 0 Å². The standard InChI is InChI=1S/C6H4N4O2/c11-5(12)4-1-7-6-8-3-9-10(6)2-4/h1-3H,(H,11,12). The maximum absolute atomic E-state index is 10.5. The average molecular weight is 164 g/mol. The predicted octanol–water partition coefficient (Wildman–Crippen LogP) is -0.178. The Morgan fingerprint density at radius 2 is 2.33 bits per heavy atom. The molecule has 2 aromatic heterocycles. The van der Waals surface area contributed by atoms with E-state index in [9.17, 15) is 4.79 Å². The Hall–Kier alpha value is -1.98. The minimum atomic E-state index is -1.03. The number of aromatic carboxylic acids is 1. The van der Waals surface area contributed by atoms with Crippen molar-refractivity contribution in [2.45, 2.75) is 0 Å². The third-order valence-corrected chi connectivity index (χ3v) is 1.38. The van der Waals surface area contributed by atoms with Crippen LogP contribution in [-0.2, 0) is 0 Å².